The SMILES string of the molecule is Cc1nc(Nc2ccc(NC(=O)C3CCOC3)cc2)cc(Nc2ccccn2)n1. The molecule has 0 radical (unpaired) electrons. The van der Waals surface area contributed by atoms with Crippen LogP contribution in [0.15, 0.2) is 54.7 Å². The third kappa shape index (κ3) is 5.05. The topological polar surface area (TPSA) is 101 Å². The van der Waals surface area contributed by atoms with E-state index in [0.29, 0.717) is 36.5 Å². The zero-order chi connectivity index (χ0) is 20.1. The first-order valence-corrected chi connectivity index (χ1v) is 9.45. The number of carbonyl (C=O) groups is 1. The van der Waals surface area contributed by atoms with Crippen molar-refractivity contribution < 1.29 is 9.53 Å². The molecule has 1 unspecified atom stereocenters. The van der Waals surface area contributed by atoms with E-state index in [0.717, 1.165) is 17.8 Å². The molecule has 1 aliphatic heterocycles. The molecule has 2 aromatic heterocycles. The summed E-state index contributed by atoms with van der Waals surface area (Å²) in [5.41, 5.74) is 1.61. The second kappa shape index (κ2) is 8.66. The molecule has 8 heteroatoms. The van der Waals surface area contributed by atoms with Crippen LogP contribution in [0.4, 0.5) is 28.8 Å². The molecule has 1 aromatic carbocycles. The number of nitrogens with one attached hydrogen (secondary N) is 3. The lowest BCUT2D eigenvalue weighted by molar-refractivity contribution is -0.119. The fraction of sp³-hybridized carbons (Fsp3) is 0.238. The van der Waals surface area contributed by atoms with Gasteiger partial charge in [-0.05, 0) is 49.7 Å². The van der Waals surface area contributed by atoms with Crippen LogP contribution >= 0.6 is 0 Å². The van der Waals surface area contributed by atoms with E-state index in [4.69, 9.17) is 4.74 Å². The number of carbonyl (C=O) groups excluding carboxylic acids is 1. The van der Waals surface area contributed by atoms with Crippen molar-refractivity contribution in [1.82, 2.24) is 15.0 Å². The lowest BCUT2D eigenvalue weighted by Crippen LogP contribution is -2.22. The standard InChI is InChI=1S/C21H22N6O2/c1-14-23-19(12-20(24-14)27-18-4-2-3-10-22-18)25-16-5-7-17(8-6-16)26-21(28)15-9-11-29-13-15/h2-8,10,12,15H,9,11,13H2,1H3,(H,26,28)(H2,22,23,24,25,27). The molecule has 3 aromatic rings. The van der Waals surface area contributed by atoms with Crippen LogP contribution in [0.25, 0.3) is 0 Å². The summed E-state index contributed by atoms with van der Waals surface area (Å²) in [6.07, 6.45) is 2.49. The molecule has 0 saturated carbocycles. The van der Waals surface area contributed by atoms with Gasteiger partial charge in [0.25, 0.3) is 0 Å². The molecular formula is C21H22N6O2. The highest BCUT2D eigenvalue weighted by molar-refractivity contribution is 5.93. The summed E-state index contributed by atoms with van der Waals surface area (Å²) in [5.74, 6) is 2.60. The van der Waals surface area contributed by atoms with Crippen molar-refractivity contribution in [2.75, 3.05) is 29.2 Å². The van der Waals surface area contributed by atoms with Gasteiger partial charge in [-0.25, -0.2) is 15.0 Å². The number of amides is 1. The Hall–Kier alpha value is -3.52. The summed E-state index contributed by atoms with van der Waals surface area (Å²) < 4.78 is 5.27. The number of anilines is 5. The van der Waals surface area contributed by atoms with Gasteiger partial charge in [-0.2, -0.15) is 0 Å². The van der Waals surface area contributed by atoms with Crippen molar-refractivity contribution in [1.29, 1.82) is 0 Å². The van der Waals surface area contributed by atoms with Gasteiger partial charge in [0.05, 0.1) is 12.5 Å². The zero-order valence-corrected chi connectivity index (χ0v) is 16.1. The lowest BCUT2D eigenvalue weighted by Gasteiger charge is -2.12. The Bertz CT molecular complexity index is 972. The van der Waals surface area contributed by atoms with E-state index in [9.17, 15) is 4.79 Å². The van der Waals surface area contributed by atoms with E-state index in [2.05, 4.69) is 30.9 Å². The summed E-state index contributed by atoms with van der Waals surface area (Å²) in [5, 5.41) is 9.36. The van der Waals surface area contributed by atoms with Crippen LogP contribution in [-0.2, 0) is 9.53 Å². The molecule has 3 heterocycles. The molecule has 0 spiro atoms. The van der Waals surface area contributed by atoms with E-state index in [-0.39, 0.29) is 11.8 Å². The molecule has 29 heavy (non-hydrogen) atoms. The van der Waals surface area contributed by atoms with Crippen molar-refractivity contribution in [2.24, 2.45) is 5.92 Å². The van der Waals surface area contributed by atoms with E-state index >= 15 is 0 Å². The van der Waals surface area contributed by atoms with Crippen molar-refractivity contribution in [3.63, 3.8) is 0 Å². The van der Waals surface area contributed by atoms with Crippen LogP contribution in [-0.4, -0.2) is 34.1 Å². The number of rotatable bonds is 6. The zero-order valence-electron chi connectivity index (χ0n) is 16.1. The van der Waals surface area contributed by atoms with Crippen molar-refractivity contribution in [3.05, 3.63) is 60.6 Å². The Morgan fingerprint density at radius 1 is 1.00 bits per heavy atom. The number of nitrogens with zero attached hydrogens (tertiary/aromatic N) is 3. The molecule has 1 aliphatic rings. The minimum atomic E-state index is -0.0678. The van der Waals surface area contributed by atoms with Gasteiger partial charge in [0.15, 0.2) is 0 Å². The van der Waals surface area contributed by atoms with Gasteiger partial charge in [0.2, 0.25) is 5.91 Å². The normalized spacial score (nSPS) is 15.7. The summed E-state index contributed by atoms with van der Waals surface area (Å²) >= 11 is 0. The minimum absolute atomic E-state index is 0.000118. The van der Waals surface area contributed by atoms with Crippen LogP contribution in [0.5, 0.6) is 0 Å². The Balaban J connectivity index is 1.41. The van der Waals surface area contributed by atoms with Crippen LogP contribution in [0.1, 0.15) is 12.2 Å². The monoisotopic (exact) mass is 390 g/mol. The molecule has 148 valence electrons. The van der Waals surface area contributed by atoms with Gasteiger partial charge in [0, 0.05) is 30.2 Å². The second-order valence-corrected chi connectivity index (χ2v) is 6.78. The van der Waals surface area contributed by atoms with Crippen LogP contribution in [0.3, 0.4) is 0 Å². The average Bonchev–Trinajstić information content (AvgIpc) is 3.25. The fourth-order valence-corrected chi connectivity index (χ4v) is 3.03. The first-order valence-electron chi connectivity index (χ1n) is 9.45. The molecule has 8 nitrogen and oxygen atoms in total. The van der Waals surface area contributed by atoms with Crippen molar-refractivity contribution in [3.8, 4) is 0 Å². The van der Waals surface area contributed by atoms with E-state index < -0.39 is 0 Å². The molecule has 4 rings (SSSR count). The van der Waals surface area contributed by atoms with Crippen molar-refractivity contribution >= 4 is 34.7 Å². The number of benzene rings is 1. The van der Waals surface area contributed by atoms with Gasteiger partial charge < -0.3 is 20.7 Å². The Morgan fingerprint density at radius 3 is 2.45 bits per heavy atom. The first kappa shape index (κ1) is 18.8. The maximum atomic E-state index is 12.2. The summed E-state index contributed by atoms with van der Waals surface area (Å²) in [4.78, 5) is 25.2. The number of hydrogen-bond donors (Lipinski definition) is 3. The smallest absolute Gasteiger partial charge is 0.229 e. The predicted octanol–water partition coefficient (Wildman–Crippen LogP) is 3.64. The van der Waals surface area contributed by atoms with Crippen LogP contribution < -0.4 is 16.0 Å². The van der Waals surface area contributed by atoms with Gasteiger partial charge in [-0.15, -0.1) is 0 Å². The summed E-state index contributed by atoms with van der Waals surface area (Å²) in [7, 11) is 0. The van der Waals surface area contributed by atoms with Crippen molar-refractivity contribution in [2.45, 2.75) is 13.3 Å². The van der Waals surface area contributed by atoms with E-state index in [1.165, 1.54) is 0 Å². The Labute approximate surface area is 168 Å². The molecule has 0 aliphatic carbocycles. The van der Waals surface area contributed by atoms with E-state index in [1.54, 1.807) is 6.20 Å². The lowest BCUT2D eigenvalue weighted by atomic mass is 10.1. The molecule has 1 amide bonds. The highest BCUT2D eigenvalue weighted by Gasteiger charge is 2.23. The fourth-order valence-electron chi connectivity index (χ4n) is 3.03. The number of pyridine rings is 1. The molecule has 1 atom stereocenters. The maximum absolute atomic E-state index is 12.2. The van der Waals surface area contributed by atoms with Gasteiger partial charge >= 0.3 is 0 Å². The predicted molar refractivity (Wildman–Crippen MR) is 112 cm³/mol. The quantitative estimate of drug-likeness (QED) is 0.591. The summed E-state index contributed by atoms with van der Waals surface area (Å²) in [6.45, 7) is 2.98. The Kier molecular flexibility index (Phi) is 5.62. The number of ether oxygens (including phenoxy) is 1. The first-order chi connectivity index (χ1) is 14.2. The molecule has 1 saturated heterocycles. The summed E-state index contributed by atoms with van der Waals surface area (Å²) in [6, 6.07) is 15.0. The molecule has 0 bridgehead atoms. The largest absolute Gasteiger partial charge is 0.381 e. The maximum Gasteiger partial charge on any atom is 0.229 e. The van der Waals surface area contributed by atoms with Crippen LogP contribution in [0.2, 0.25) is 0 Å². The van der Waals surface area contributed by atoms with Crippen LogP contribution in [0, 0.1) is 12.8 Å². The Morgan fingerprint density at radius 2 is 1.76 bits per heavy atom. The number of hydrogen-bond acceptors (Lipinski definition) is 7. The second-order valence-electron chi connectivity index (χ2n) is 6.78. The highest BCUT2D eigenvalue weighted by Crippen LogP contribution is 2.22. The van der Waals surface area contributed by atoms with E-state index in [1.807, 2.05) is 55.5 Å². The molecule has 3 N–H and O–H groups in total. The van der Waals surface area contributed by atoms with Gasteiger partial charge in [-0.1, -0.05) is 6.07 Å². The van der Waals surface area contributed by atoms with Gasteiger partial charge in [0.1, 0.15) is 23.3 Å². The molecule has 1 fully saturated rings. The minimum Gasteiger partial charge on any atom is -0.381 e. The third-order valence-corrected chi connectivity index (χ3v) is 4.48. The number of aromatic nitrogens is 3. The number of aryl methyl sites for hydroxylation is 1. The van der Waals surface area contributed by atoms with Gasteiger partial charge in [-0.3, -0.25) is 4.79 Å². The highest BCUT2D eigenvalue weighted by atomic mass is 16.5. The third-order valence-electron chi connectivity index (χ3n) is 4.48. The molecular weight excluding hydrogens is 368 g/mol. The average molecular weight is 390 g/mol.